The lowest BCUT2D eigenvalue weighted by atomic mass is 10.2. The average Bonchev–Trinajstić information content (AvgIpc) is 3.11. The van der Waals surface area contributed by atoms with Gasteiger partial charge in [-0.2, -0.15) is 0 Å². The SMILES string of the molecule is Cl.O=[N+]([O-])c1ccc(NCCNCc2ccc(-c3ccc(Cl)cc3Cl)o2)c(Cl)c1. The molecule has 154 valence electrons. The molecule has 10 heteroatoms. The number of rotatable bonds is 8. The van der Waals surface area contributed by atoms with Crippen LogP contribution in [0.3, 0.4) is 0 Å². The summed E-state index contributed by atoms with van der Waals surface area (Å²) < 4.78 is 5.81. The predicted molar refractivity (Wildman–Crippen MR) is 120 cm³/mol. The normalized spacial score (nSPS) is 10.4. The Bertz CT molecular complexity index is 995. The van der Waals surface area contributed by atoms with Crippen molar-refractivity contribution in [1.29, 1.82) is 0 Å². The van der Waals surface area contributed by atoms with Gasteiger partial charge in [0, 0.05) is 35.8 Å². The zero-order valence-corrected chi connectivity index (χ0v) is 18.0. The maximum Gasteiger partial charge on any atom is 0.271 e. The number of hydrogen-bond donors (Lipinski definition) is 2. The number of non-ortho nitro benzene ring substituents is 1. The van der Waals surface area contributed by atoms with Crippen LogP contribution in [0.4, 0.5) is 11.4 Å². The number of nitrogens with zero attached hydrogens (tertiary/aromatic N) is 1. The molecule has 29 heavy (non-hydrogen) atoms. The molecule has 1 aromatic heterocycles. The van der Waals surface area contributed by atoms with E-state index in [-0.39, 0.29) is 18.1 Å². The molecule has 2 N–H and O–H groups in total. The summed E-state index contributed by atoms with van der Waals surface area (Å²) in [7, 11) is 0. The van der Waals surface area contributed by atoms with Crippen molar-refractivity contribution in [3.63, 3.8) is 0 Å². The maximum atomic E-state index is 10.7. The van der Waals surface area contributed by atoms with Crippen LogP contribution in [-0.2, 0) is 6.54 Å². The standard InChI is InChI=1S/C19H16Cl3N3O3.ClH/c20-12-1-4-15(16(21)9-12)19-6-3-14(28-19)11-23-7-8-24-18-5-2-13(25(26)27)10-17(18)22;/h1-6,9-10,23-24H,7-8,11H2;1H. The highest BCUT2D eigenvalue weighted by molar-refractivity contribution is 6.36. The topological polar surface area (TPSA) is 80.3 Å². The van der Waals surface area contributed by atoms with E-state index >= 15 is 0 Å². The number of nitro benzene ring substituents is 1. The van der Waals surface area contributed by atoms with Gasteiger partial charge < -0.3 is 15.1 Å². The molecule has 0 saturated carbocycles. The molecular formula is C19H17Cl4N3O3. The molecule has 6 nitrogen and oxygen atoms in total. The number of halogens is 4. The Morgan fingerprint density at radius 3 is 2.45 bits per heavy atom. The largest absolute Gasteiger partial charge is 0.460 e. The van der Waals surface area contributed by atoms with Gasteiger partial charge in [0.2, 0.25) is 0 Å². The van der Waals surface area contributed by atoms with E-state index in [0.717, 1.165) is 11.3 Å². The quantitative estimate of drug-likeness (QED) is 0.222. The van der Waals surface area contributed by atoms with Crippen LogP contribution in [0, 0.1) is 10.1 Å². The molecule has 0 radical (unpaired) electrons. The number of anilines is 1. The number of hydrogen-bond acceptors (Lipinski definition) is 5. The van der Waals surface area contributed by atoms with Gasteiger partial charge in [-0.3, -0.25) is 10.1 Å². The van der Waals surface area contributed by atoms with Gasteiger partial charge >= 0.3 is 0 Å². The van der Waals surface area contributed by atoms with Crippen LogP contribution in [0.25, 0.3) is 11.3 Å². The van der Waals surface area contributed by atoms with Crippen LogP contribution in [0.15, 0.2) is 52.9 Å². The van der Waals surface area contributed by atoms with E-state index in [1.165, 1.54) is 12.1 Å². The summed E-state index contributed by atoms with van der Waals surface area (Å²) in [6, 6.07) is 13.3. The van der Waals surface area contributed by atoms with Crippen LogP contribution in [-0.4, -0.2) is 18.0 Å². The van der Waals surface area contributed by atoms with Gasteiger partial charge in [-0.05, 0) is 36.4 Å². The number of nitro groups is 1. The molecule has 0 aliphatic rings. The second kappa shape index (κ2) is 10.7. The summed E-state index contributed by atoms with van der Waals surface area (Å²) in [4.78, 5) is 10.2. The fourth-order valence-electron chi connectivity index (χ4n) is 2.57. The van der Waals surface area contributed by atoms with Gasteiger partial charge in [0.05, 0.1) is 27.2 Å². The Labute approximate surface area is 188 Å². The third-order valence-electron chi connectivity index (χ3n) is 3.94. The second-order valence-corrected chi connectivity index (χ2v) is 7.17. The zero-order valence-electron chi connectivity index (χ0n) is 15.0. The van der Waals surface area contributed by atoms with E-state index in [0.29, 0.717) is 46.1 Å². The predicted octanol–water partition coefficient (Wildman–Crippen LogP) is 6.44. The van der Waals surface area contributed by atoms with Crippen molar-refractivity contribution < 1.29 is 9.34 Å². The van der Waals surface area contributed by atoms with Crippen molar-refractivity contribution in [2.75, 3.05) is 18.4 Å². The molecule has 3 rings (SSSR count). The van der Waals surface area contributed by atoms with Crippen LogP contribution in [0.1, 0.15) is 5.76 Å². The first-order valence-electron chi connectivity index (χ1n) is 8.36. The van der Waals surface area contributed by atoms with Crippen LogP contribution in [0.2, 0.25) is 15.1 Å². The monoisotopic (exact) mass is 475 g/mol. The molecule has 0 amide bonds. The van der Waals surface area contributed by atoms with E-state index in [2.05, 4.69) is 10.6 Å². The number of benzene rings is 2. The summed E-state index contributed by atoms with van der Waals surface area (Å²) >= 11 is 18.2. The van der Waals surface area contributed by atoms with Crippen molar-refractivity contribution in [3.8, 4) is 11.3 Å². The number of furan rings is 1. The van der Waals surface area contributed by atoms with E-state index < -0.39 is 4.92 Å². The highest BCUT2D eigenvalue weighted by Gasteiger charge is 2.10. The fraction of sp³-hybridized carbons (Fsp3) is 0.158. The van der Waals surface area contributed by atoms with Gasteiger partial charge in [-0.25, -0.2) is 0 Å². The fourth-order valence-corrected chi connectivity index (χ4v) is 3.31. The van der Waals surface area contributed by atoms with Gasteiger partial charge in [0.25, 0.3) is 5.69 Å². The molecule has 1 heterocycles. The van der Waals surface area contributed by atoms with E-state index in [9.17, 15) is 10.1 Å². The minimum absolute atomic E-state index is 0. The third-order valence-corrected chi connectivity index (χ3v) is 4.80. The lowest BCUT2D eigenvalue weighted by Crippen LogP contribution is -2.21. The first-order valence-corrected chi connectivity index (χ1v) is 9.50. The molecule has 0 aliphatic heterocycles. The average molecular weight is 477 g/mol. The first-order chi connectivity index (χ1) is 13.4. The Kier molecular flexibility index (Phi) is 8.61. The molecule has 0 fully saturated rings. The highest BCUT2D eigenvalue weighted by Crippen LogP contribution is 2.31. The Morgan fingerprint density at radius 2 is 1.76 bits per heavy atom. The van der Waals surface area contributed by atoms with E-state index in [1.807, 2.05) is 18.2 Å². The van der Waals surface area contributed by atoms with E-state index in [1.54, 1.807) is 18.2 Å². The van der Waals surface area contributed by atoms with Gasteiger partial charge in [0.15, 0.2) is 0 Å². The highest BCUT2D eigenvalue weighted by atomic mass is 35.5. The molecule has 0 aliphatic carbocycles. The summed E-state index contributed by atoms with van der Waals surface area (Å²) in [6.45, 7) is 1.78. The van der Waals surface area contributed by atoms with Crippen molar-refractivity contribution in [2.24, 2.45) is 0 Å². The van der Waals surface area contributed by atoms with Crippen LogP contribution in [0.5, 0.6) is 0 Å². The summed E-state index contributed by atoms with van der Waals surface area (Å²) in [5.41, 5.74) is 1.39. The zero-order chi connectivity index (χ0) is 20.1. The minimum Gasteiger partial charge on any atom is -0.460 e. The van der Waals surface area contributed by atoms with Gasteiger partial charge in [-0.1, -0.05) is 34.8 Å². The first kappa shape index (κ1) is 23.3. The third kappa shape index (κ3) is 6.26. The lowest BCUT2D eigenvalue weighted by Gasteiger charge is -2.08. The molecule has 0 saturated heterocycles. The summed E-state index contributed by atoms with van der Waals surface area (Å²) in [5.74, 6) is 1.45. The van der Waals surface area contributed by atoms with Gasteiger partial charge in [0.1, 0.15) is 11.5 Å². The molecule has 2 aromatic carbocycles. The smallest absolute Gasteiger partial charge is 0.271 e. The maximum absolute atomic E-state index is 10.7. The summed E-state index contributed by atoms with van der Waals surface area (Å²) in [5, 5.41) is 18.5. The second-order valence-electron chi connectivity index (χ2n) is 5.91. The molecule has 0 atom stereocenters. The molecule has 3 aromatic rings. The lowest BCUT2D eigenvalue weighted by molar-refractivity contribution is -0.384. The minimum atomic E-state index is -0.480. The molecular weight excluding hydrogens is 460 g/mol. The summed E-state index contributed by atoms with van der Waals surface area (Å²) in [6.07, 6.45) is 0. The van der Waals surface area contributed by atoms with E-state index in [4.69, 9.17) is 39.2 Å². The molecule has 0 unspecified atom stereocenters. The van der Waals surface area contributed by atoms with Crippen molar-refractivity contribution in [1.82, 2.24) is 5.32 Å². The van der Waals surface area contributed by atoms with Crippen molar-refractivity contribution in [2.45, 2.75) is 6.54 Å². The van der Waals surface area contributed by atoms with Crippen LogP contribution < -0.4 is 10.6 Å². The Morgan fingerprint density at radius 1 is 0.966 bits per heavy atom. The Balaban J connectivity index is 0.00000300. The van der Waals surface area contributed by atoms with Crippen molar-refractivity contribution >= 4 is 58.6 Å². The number of nitrogens with one attached hydrogen (secondary N) is 2. The molecule has 0 spiro atoms. The van der Waals surface area contributed by atoms with Crippen LogP contribution >= 0.6 is 47.2 Å². The van der Waals surface area contributed by atoms with Crippen molar-refractivity contribution in [3.05, 3.63) is 79.5 Å². The van der Waals surface area contributed by atoms with Gasteiger partial charge in [-0.15, -0.1) is 12.4 Å². The Hall–Kier alpha value is -1.96. The molecule has 0 bridgehead atoms.